The Morgan fingerprint density at radius 1 is 1.33 bits per heavy atom. The van der Waals surface area contributed by atoms with Crippen LogP contribution in [-0.2, 0) is 22.3 Å². The molecule has 1 atom stereocenters. The fourth-order valence-corrected chi connectivity index (χ4v) is 3.66. The summed E-state index contributed by atoms with van der Waals surface area (Å²) >= 11 is 11.7. The van der Waals surface area contributed by atoms with Crippen molar-refractivity contribution in [1.29, 1.82) is 0 Å². The van der Waals surface area contributed by atoms with Gasteiger partial charge in [0.25, 0.3) is 0 Å². The fourth-order valence-electron chi connectivity index (χ4n) is 1.95. The zero-order valence-electron chi connectivity index (χ0n) is 11.3. The number of rotatable bonds is 6. The molecule has 1 N–H and O–H groups in total. The normalized spacial score (nSPS) is 13.3. The molecule has 21 heavy (non-hydrogen) atoms. The SMILES string of the molecule is C[C@@H](Cn1ccnc1)NS(=O)(=O)Cc1ccc(Cl)c(Cl)c1. The van der Waals surface area contributed by atoms with Crippen LogP contribution in [0.2, 0.25) is 10.0 Å². The molecule has 8 heteroatoms. The van der Waals surface area contributed by atoms with Gasteiger partial charge < -0.3 is 4.57 Å². The second-order valence-corrected chi connectivity index (χ2v) is 7.35. The molecule has 0 spiro atoms. The number of imidazole rings is 1. The number of benzene rings is 1. The molecule has 0 radical (unpaired) electrons. The Kier molecular flexibility index (Phi) is 5.27. The van der Waals surface area contributed by atoms with Gasteiger partial charge in [-0.15, -0.1) is 0 Å². The summed E-state index contributed by atoms with van der Waals surface area (Å²) in [4.78, 5) is 3.92. The van der Waals surface area contributed by atoms with E-state index in [1.807, 2.05) is 4.57 Å². The molecule has 2 rings (SSSR count). The van der Waals surface area contributed by atoms with Crippen LogP contribution in [0.1, 0.15) is 12.5 Å². The number of sulfonamides is 1. The number of nitrogens with zero attached hydrogens (tertiary/aromatic N) is 2. The van der Waals surface area contributed by atoms with Crippen LogP contribution < -0.4 is 4.72 Å². The van der Waals surface area contributed by atoms with Gasteiger partial charge in [-0.2, -0.15) is 0 Å². The van der Waals surface area contributed by atoms with Crippen LogP contribution >= 0.6 is 23.2 Å². The van der Waals surface area contributed by atoms with Gasteiger partial charge in [-0.3, -0.25) is 0 Å². The van der Waals surface area contributed by atoms with Crippen molar-refractivity contribution in [3.63, 3.8) is 0 Å². The Morgan fingerprint density at radius 2 is 2.10 bits per heavy atom. The predicted molar refractivity (Wildman–Crippen MR) is 83.9 cm³/mol. The highest BCUT2D eigenvalue weighted by Crippen LogP contribution is 2.23. The van der Waals surface area contributed by atoms with Crippen molar-refractivity contribution in [1.82, 2.24) is 14.3 Å². The molecular formula is C13H15Cl2N3O2S. The number of aromatic nitrogens is 2. The highest BCUT2D eigenvalue weighted by molar-refractivity contribution is 7.88. The van der Waals surface area contributed by atoms with Crippen molar-refractivity contribution in [2.24, 2.45) is 0 Å². The molecule has 0 saturated heterocycles. The summed E-state index contributed by atoms with van der Waals surface area (Å²) in [6.45, 7) is 2.31. The van der Waals surface area contributed by atoms with E-state index in [1.165, 1.54) is 0 Å². The van der Waals surface area contributed by atoms with Gasteiger partial charge in [0, 0.05) is 25.0 Å². The lowest BCUT2D eigenvalue weighted by molar-refractivity contribution is 0.520. The lowest BCUT2D eigenvalue weighted by Crippen LogP contribution is -2.36. The van der Waals surface area contributed by atoms with Crippen LogP contribution in [0.5, 0.6) is 0 Å². The van der Waals surface area contributed by atoms with E-state index < -0.39 is 10.0 Å². The molecule has 0 saturated carbocycles. The Labute approximate surface area is 134 Å². The van der Waals surface area contributed by atoms with Gasteiger partial charge in [-0.1, -0.05) is 29.3 Å². The van der Waals surface area contributed by atoms with Crippen molar-refractivity contribution < 1.29 is 8.42 Å². The second kappa shape index (κ2) is 6.79. The summed E-state index contributed by atoms with van der Waals surface area (Å²) in [6.07, 6.45) is 5.07. The van der Waals surface area contributed by atoms with Crippen molar-refractivity contribution >= 4 is 33.2 Å². The molecule has 1 aromatic heterocycles. The largest absolute Gasteiger partial charge is 0.336 e. The topological polar surface area (TPSA) is 64.0 Å². The molecule has 2 aromatic rings. The monoisotopic (exact) mass is 347 g/mol. The standard InChI is InChI=1S/C13H15Cl2N3O2S/c1-10(7-18-5-4-16-9-18)17-21(19,20)8-11-2-3-12(14)13(15)6-11/h2-6,9-10,17H,7-8H2,1H3/t10-/m0/s1. The first-order valence-corrected chi connectivity index (χ1v) is 8.66. The number of halogens is 2. The second-order valence-electron chi connectivity index (χ2n) is 4.79. The molecule has 1 heterocycles. The van der Waals surface area contributed by atoms with E-state index in [0.717, 1.165) is 0 Å². The molecule has 0 aliphatic carbocycles. The van der Waals surface area contributed by atoms with Gasteiger partial charge >= 0.3 is 0 Å². The summed E-state index contributed by atoms with van der Waals surface area (Å²) in [5.74, 6) is -0.141. The minimum Gasteiger partial charge on any atom is -0.336 e. The molecule has 1 aromatic carbocycles. The van der Waals surface area contributed by atoms with Crippen LogP contribution in [-0.4, -0.2) is 24.0 Å². The number of nitrogens with one attached hydrogen (secondary N) is 1. The number of hydrogen-bond donors (Lipinski definition) is 1. The average molecular weight is 348 g/mol. The summed E-state index contributed by atoms with van der Waals surface area (Å²) in [5.41, 5.74) is 0.590. The summed E-state index contributed by atoms with van der Waals surface area (Å²) in [5, 5.41) is 0.745. The van der Waals surface area contributed by atoms with E-state index in [-0.39, 0.29) is 11.8 Å². The Balaban J connectivity index is 1.99. The third-order valence-corrected chi connectivity index (χ3v) is 4.98. The van der Waals surface area contributed by atoms with Crippen LogP contribution in [0.3, 0.4) is 0 Å². The van der Waals surface area contributed by atoms with E-state index in [1.54, 1.807) is 43.8 Å². The van der Waals surface area contributed by atoms with Gasteiger partial charge in [0.05, 0.1) is 22.1 Å². The fraction of sp³-hybridized carbons (Fsp3) is 0.308. The smallest absolute Gasteiger partial charge is 0.216 e. The average Bonchev–Trinajstić information content (AvgIpc) is 2.85. The minimum absolute atomic E-state index is 0.141. The first kappa shape index (κ1) is 16.3. The lowest BCUT2D eigenvalue weighted by Gasteiger charge is -2.15. The Morgan fingerprint density at radius 3 is 2.71 bits per heavy atom. The molecule has 0 aliphatic rings. The highest BCUT2D eigenvalue weighted by atomic mass is 35.5. The molecule has 0 fully saturated rings. The third kappa shape index (κ3) is 5.00. The van der Waals surface area contributed by atoms with Crippen LogP contribution in [0.25, 0.3) is 0 Å². The zero-order valence-corrected chi connectivity index (χ0v) is 13.7. The molecule has 114 valence electrons. The maximum Gasteiger partial charge on any atom is 0.216 e. The first-order chi connectivity index (χ1) is 9.85. The van der Waals surface area contributed by atoms with Crippen LogP contribution in [0.15, 0.2) is 36.9 Å². The van der Waals surface area contributed by atoms with Gasteiger partial charge in [0.2, 0.25) is 10.0 Å². The molecular weight excluding hydrogens is 333 g/mol. The van der Waals surface area contributed by atoms with Crippen LogP contribution in [0.4, 0.5) is 0 Å². The van der Waals surface area contributed by atoms with Gasteiger partial charge in [-0.05, 0) is 24.6 Å². The molecule has 0 amide bonds. The van der Waals surface area contributed by atoms with E-state index in [0.29, 0.717) is 22.2 Å². The third-order valence-electron chi connectivity index (χ3n) is 2.77. The molecule has 0 aliphatic heterocycles. The minimum atomic E-state index is -3.45. The summed E-state index contributed by atoms with van der Waals surface area (Å²) < 4.78 is 28.7. The maximum atomic E-state index is 12.1. The summed E-state index contributed by atoms with van der Waals surface area (Å²) in [7, 11) is -3.45. The van der Waals surface area contributed by atoms with Crippen molar-refractivity contribution in [3.05, 3.63) is 52.5 Å². The van der Waals surface area contributed by atoms with Gasteiger partial charge in [0.1, 0.15) is 0 Å². The number of hydrogen-bond acceptors (Lipinski definition) is 3. The van der Waals surface area contributed by atoms with Crippen LogP contribution in [0, 0.1) is 0 Å². The van der Waals surface area contributed by atoms with E-state index in [4.69, 9.17) is 23.2 Å². The van der Waals surface area contributed by atoms with Crippen molar-refractivity contribution in [2.45, 2.75) is 25.3 Å². The maximum absolute atomic E-state index is 12.1. The quantitative estimate of drug-likeness (QED) is 0.873. The molecule has 5 nitrogen and oxygen atoms in total. The molecule has 0 unspecified atom stereocenters. The highest BCUT2D eigenvalue weighted by Gasteiger charge is 2.16. The Hall–Kier alpha value is -1.08. The van der Waals surface area contributed by atoms with E-state index in [2.05, 4.69) is 9.71 Å². The summed E-state index contributed by atoms with van der Waals surface area (Å²) in [6, 6.07) is 4.55. The lowest BCUT2D eigenvalue weighted by atomic mass is 10.2. The van der Waals surface area contributed by atoms with Gasteiger partial charge in [-0.25, -0.2) is 18.1 Å². The van der Waals surface area contributed by atoms with E-state index >= 15 is 0 Å². The Bertz CT molecular complexity index is 702. The van der Waals surface area contributed by atoms with Crippen molar-refractivity contribution in [2.75, 3.05) is 0 Å². The van der Waals surface area contributed by atoms with E-state index in [9.17, 15) is 8.42 Å². The zero-order chi connectivity index (χ0) is 15.5. The van der Waals surface area contributed by atoms with Crippen molar-refractivity contribution in [3.8, 4) is 0 Å². The predicted octanol–water partition coefficient (Wildman–Crippen LogP) is 2.70. The van der Waals surface area contributed by atoms with Gasteiger partial charge in [0.15, 0.2) is 0 Å². The first-order valence-electron chi connectivity index (χ1n) is 6.25. The molecule has 0 bridgehead atoms.